The molecule has 63 heavy (non-hydrogen) atoms. The van der Waals surface area contributed by atoms with Crippen molar-refractivity contribution in [3.8, 4) is 0 Å². The standard InChI is InChI=1S/C54H99NO8/c1-3-5-7-9-11-13-15-17-19-20-21-22-23-24-25-26-27-28-30-31-33-35-37-39-41-43-48(57)47(46-62-54-53(61)52(60)51(59)49(45-56)63-54)55-50(58)44-42-40-38-36-34-32-29-18-16-14-12-10-8-6-4-2/h18,27-29,33,35,41,43,47-49,51-54,56-57,59-61H,3-17,19-26,30-32,34,36-40,42,44-46H2,1-2H3,(H,55,58)/b28-27+,29-18-,35-33+,43-41+. The fraction of sp³-hybridized carbons (Fsp3) is 0.833. The van der Waals surface area contributed by atoms with E-state index in [1.165, 1.54) is 148 Å². The number of ether oxygens (including phenoxy) is 2. The quantitative estimate of drug-likeness (QED) is 0.0262. The highest BCUT2D eigenvalue weighted by Crippen LogP contribution is 2.23. The van der Waals surface area contributed by atoms with Crippen molar-refractivity contribution < 1.29 is 39.8 Å². The molecular weight excluding hydrogens is 791 g/mol. The van der Waals surface area contributed by atoms with Crippen LogP contribution < -0.4 is 5.32 Å². The van der Waals surface area contributed by atoms with Crippen LogP contribution in [0.25, 0.3) is 0 Å². The Balaban J connectivity index is 2.31. The molecule has 368 valence electrons. The minimum atomic E-state index is -1.58. The summed E-state index contributed by atoms with van der Waals surface area (Å²) in [4.78, 5) is 13.0. The highest BCUT2D eigenvalue weighted by Gasteiger charge is 2.44. The lowest BCUT2D eigenvalue weighted by Crippen LogP contribution is -2.60. The fourth-order valence-corrected chi connectivity index (χ4v) is 8.12. The van der Waals surface area contributed by atoms with Crippen molar-refractivity contribution in [1.29, 1.82) is 0 Å². The first kappa shape index (κ1) is 59.2. The zero-order valence-corrected chi connectivity index (χ0v) is 40.6. The summed E-state index contributed by atoms with van der Waals surface area (Å²) in [6, 6.07) is -0.832. The molecule has 1 heterocycles. The van der Waals surface area contributed by atoms with Gasteiger partial charge in [0.2, 0.25) is 5.91 Å². The van der Waals surface area contributed by atoms with Gasteiger partial charge < -0.3 is 40.3 Å². The van der Waals surface area contributed by atoms with Gasteiger partial charge in [0.05, 0.1) is 25.4 Å². The van der Waals surface area contributed by atoms with E-state index < -0.39 is 49.5 Å². The molecule has 9 nitrogen and oxygen atoms in total. The van der Waals surface area contributed by atoms with Crippen molar-refractivity contribution in [1.82, 2.24) is 5.32 Å². The van der Waals surface area contributed by atoms with Crippen molar-refractivity contribution in [2.75, 3.05) is 13.2 Å². The molecule has 1 aliphatic rings. The van der Waals surface area contributed by atoms with Crippen molar-refractivity contribution in [2.45, 2.75) is 275 Å². The molecule has 0 aromatic rings. The Morgan fingerprint density at radius 2 is 0.905 bits per heavy atom. The molecule has 6 N–H and O–H groups in total. The molecule has 1 aliphatic heterocycles. The van der Waals surface area contributed by atoms with Crippen LogP contribution in [0.3, 0.4) is 0 Å². The SMILES string of the molecule is CCCCCCCC/C=C\CCCCCCCC(=O)NC(COC1OC(CO)C(O)C(O)C1O)C(O)/C=C/CC/C=C/CC/C=C/CCCCCCCCCCCCCCCCC. The van der Waals surface area contributed by atoms with E-state index in [0.717, 1.165) is 64.2 Å². The number of carbonyl (C=O) groups is 1. The lowest BCUT2D eigenvalue weighted by Gasteiger charge is -2.40. The molecule has 9 heteroatoms. The van der Waals surface area contributed by atoms with Crippen LogP contribution in [-0.2, 0) is 14.3 Å². The van der Waals surface area contributed by atoms with Crippen LogP contribution in [0.15, 0.2) is 48.6 Å². The van der Waals surface area contributed by atoms with Gasteiger partial charge in [0, 0.05) is 6.42 Å². The van der Waals surface area contributed by atoms with E-state index in [2.05, 4.69) is 55.6 Å². The third-order valence-electron chi connectivity index (χ3n) is 12.4. The van der Waals surface area contributed by atoms with Crippen molar-refractivity contribution in [3.63, 3.8) is 0 Å². The third kappa shape index (κ3) is 34.2. The summed E-state index contributed by atoms with van der Waals surface area (Å²) in [5, 5.41) is 54.3. The minimum absolute atomic E-state index is 0.200. The molecule has 1 amide bonds. The van der Waals surface area contributed by atoms with Gasteiger partial charge in [0.1, 0.15) is 24.4 Å². The molecule has 0 radical (unpaired) electrons. The van der Waals surface area contributed by atoms with E-state index in [1.807, 2.05) is 6.08 Å². The number of carbonyl (C=O) groups excluding carboxylic acids is 1. The Bertz CT molecular complexity index is 1130. The number of aliphatic hydroxyl groups is 5. The number of nitrogens with one attached hydrogen (secondary N) is 1. The molecule has 0 aliphatic carbocycles. The summed E-state index contributed by atoms with van der Waals surface area (Å²) in [7, 11) is 0. The van der Waals surface area contributed by atoms with Gasteiger partial charge >= 0.3 is 0 Å². The second-order valence-electron chi connectivity index (χ2n) is 18.3. The van der Waals surface area contributed by atoms with Crippen LogP contribution in [0.1, 0.15) is 232 Å². The zero-order valence-electron chi connectivity index (χ0n) is 40.6. The van der Waals surface area contributed by atoms with Gasteiger partial charge in [-0.1, -0.05) is 204 Å². The molecule has 1 saturated heterocycles. The predicted octanol–water partition coefficient (Wildman–Crippen LogP) is 12.2. The van der Waals surface area contributed by atoms with Crippen molar-refractivity contribution in [2.24, 2.45) is 0 Å². The van der Waals surface area contributed by atoms with Crippen LogP contribution in [-0.4, -0.2) is 87.5 Å². The molecular formula is C54H99NO8. The first-order valence-electron chi connectivity index (χ1n) is 26.4. The predicted molar refractivity (Wildman–Crippen MR) is 263 cm³/mol. The summed E-state index contributed by atoms with van der Waals surface area (Å²) in [5.74, 6) is -0.200. The van der Waals surface area contributed by atoms with Gasteiger partial charge in [-0.2, -0.15) is 0 Å². The second-order valence-corrected chi connectivity index (χ2v) is 18.3. The van der Waals surface area contributed by atoms with Crippen LogP contribution >= 0.6 is 0 Å². The maximum atomic E-state index is 13.0. The topological polar surface area (TPSA) is 149 Å². The summed E-state index contributed by atoms with van der Waals surface area (Å²) in [6.07, 6.45) is 50.3. The third-order valence-corrected chi connectivity index (χ3v) is 12.4. The monoisotopic (exact) mass is 890 g/mol. The van der Waals surface area contributed by atoms with Crippen LogP contribution in [0.2, 0.25) is 0 Å². The molecule has 0 bridgehead atoms. The molecule has 7 atom stereocenters. The van der Waals surface area contributed by atoms with E-state index in [4.69, 9.17) is 9.47 Å². The van der Waals surface area contributed by atoms with Crippen LogP contribution in [0.4, 0.5) is 0 Å². The van der Waals surface area contributed by atoms with Gasteiger partial charge in [0.15, 0.2) is 6.29 Å². The molecule has 0 aromatic carbocycles. The number of unbranched alkanes of at least 4 members (excludes halogenated alkanes) is 28. The Hall–Kier alpha value is -1.85. The van der Waals surface area contributed by atoms with Gasteiger partial charge in [-0.05, 0) is 70.6 Å². The van der Waals surface area contributed by atoms with Gasteiger partial charge in [0.25, 0.3) is 0 Å². The van der Waals surface area contributed by atoms with Crippen molar-refractivity contribution >= 4 is 5.91 Å². The Labute approximate surface area is 386 Å². The summed E-state index contributed by atoms with van der Waals surface area (Å²) >= 11 is 0. The second kappa shape index (κ2) is 44.0. The van der Waals surface area contributed by atoms with E-state index >= 15 is 0 Å². The average Bonchev–Trinajstić information content (AvgIpc) is 3.28. The van der Waals surface area contributed by atoms with E-state index in [9.17, 15) is 30.3 Å². The molecule has 7 unspecified atom stereocenters. The molecule has 0 spiro atoms. The minimum Gasteiger partial charge on any atom is -0.394 e. The van der Waals surface area contributed by atoms with E-state index in [-0.39, 0.29) is 12.5 Å². The van der Waals surface area contributed by atoms with Gasteiger partial charge in [-0.3, -0.25) is 4.79 Å². The Morgan fingerprint density at radius 3 is 1.33 bits per heavy atom. The number of amides is 1. The maximum Gasteiger partial charge on any atom is 0.220 e. The summed E-state index contributed by atoms with van der Waals surface area (Å²) in [6.45, 7) is 3.75. The number of hydrogen-bond donors (Lipinski definition) is 6. The molecule has 1 fully saturated rings. The Morgan fingerprint density at radius 1 is 0.524 bits per heavy atom. The average molecular weight is 890 g/mol. The lowest BCUT2D eigenvalue weighted by atomic mass is 9.99. The smallest absolute Gasteiger partial charge is 0.220 e. The number of allylic oxidation sites excluding steroid dienone is 7. The summed E-state index contributed by atoms with van der Waals surface area (Å²) in [5.41, 5.74) is 0. The highest BCUT2D eigenvalue weighted by molar-refractivity contribution is 5.76. The lowest BCUT2D eigenvalue weighted by molar-refractivity contribution is -0.302. The first-order chi connectivity index (χ1) is 30.8. The van der Waals surface area contributed by atoms with Gasteiger partial charge in [-0.25, -0.2) is 0 Å². The first-order valence-corrected chi connectivity index (χ1v) is 26.4. The molecule has 1 rings (SSSR count). The number of hydrogen-bond acceptors (Lipinski definition) is 8. The van der Waals surface area contributed by atoms with Crippen LogP contribution in [0, 0.1) is 0 Å². The maximum absolute atomic E-state index is 13.0. The van der Waals surface area contributed by atoms with Crippen molar-refractivity contribution in [3.05, 3.63) is 48.6 Å². The molecule has 0 saturated carbocycles. The normalized spacial score (nSPS) is 20.5. The van der Waals surface area contributed by atoms with Gasteiger partial charge in [-0.15, -0.1) is 0 Å². The highest BCUT2D eigenvalue weighted by atomic mass is 16.7. The molecule has 0 aromatic heterocycles. The van der Waals surface area contributed by atoms with E-state index in [1.54, 1.807) is 6.08 Å². The largest absolute Gasteiger partial charge is 0.394 e. The number of aliphatic hydroxyl groups excluding tert-OH is 5. The van der Waals surface area contributed by atoms with Crippen LogP contribution in [0.5, 0.6) is 0 Å². The zero-order chi connectivity index (χ0) is 45.9. The Kier molecular flexibility index (Phi) is 41.3. The summed E-state index contributed by atoms with van der Waals surface area (Å²) < 4.78 is 11.2. The fourth-order valence-electron chi connectivity index (χ4n) is 8.12. The number of rotatable bonds is 44. The van der Waals surface area contributed by atoms with E-state index in [0.29, 0.717) is 6.42 Å².